The minimum absolute atomic E-state index is 0.122. The maximum Gasteiger partial charge on any atom is 0.287 e. The molecule has 0 bridgehead atoms. The third kappa shape index (κ3) is 5.99. The smallest absolute Gasteiger partial charge is 0.287 e. The van der Waals surface area contributed by atoms with Gasteiger partial charge >= 0.3 is 0 Å². The van der Waals surface area contributed by atoms with E-state index in [1.807, 2.05) is 13.8 Å². The van der Waals surface area contributed by atoms with Gasteiger partial charge in [0.1, 0.15) is 5.02 Å². The summed E-state index contributed by atoms with van der Waals surface area (Å²) in [6.45, 7) is 5.85. The Labute approximate surface area is 160 Å². The van der Waals surface area contributed by atoms with Crippen molar-refractivity contribution in [1.82, 2.24) is 20.0 Å². The summed E-state index contributed by atoms with van der Waals surface area (Å²) in [5, 5.41) is 10.5. The van der Waals surface area contributed by atoms with Crippen LogP contribution in [0.5, 0.6) is 0 Å². The van der Waals surface area contributed by atoms with E-state index in [1.165, 1.54) is 4.68 Å². The number of aromatic nitrogens is 2. The van der Waals surface area contributed by atoms with Gasteiger partial charge < -0.3 is 15.5 Å². The largest absolute Gasteiger partial charge is 0.378 e. The number of carbonyl (C=O) groups excluding carboxylic acids is 1. The normalized spacial score (nSPS) is 21.0. The first-order valence-corrected chi connectivity index (χ1v) is 9.60. The number of anilines is 1. The third-order valence-corrected chi connectivity index (χ3v) is 4.99. The van der Waals surface area contributed by atoms with Crippen molar-refractivity contribution < 1.29 is 4.79 Å². The summed E-state index contributed by atoms with van der Waals surface area (Å²) in [7, 11) is 3.67. The lowest BCUT2D eigenvalue weighted by atomic mass is 9.90. The standard InChI is InChI=1S/C18H30ClN5O2/c1-12(2)21-16(25)7-5-6-13-8-14(11-23(3)10-13)22-15-9-20-24(4)18(26)17(15)19/h9,12-14,22H,5-8,10-11H2,1-4H3,(H,21,25). The quantitative estimate of drug-likeness (QED) is 0.751. The fourth-order valence-electron chi connectivity index (χ4n) is 3.53. The summed E-state index contributed by atoms with van der Waals surface area (Å²) in [6, 6.07) is 0.392. The number of hydrogen-bond donors (Lipinski definition) is 2. The second-order valence-electron chi connectivity index (χ2n) is 7.58. The minimum Gasteiger partial charge on any atom is -0.378 e. The zero-order valence-corrected chi connectivity index (χ0v) is 16.8. The highest BCUT2D eigenvalue weighted by atomic mass is 35.5. The van der Waals surface area contributed by atoms with E-state index in [4.69, 9.17) is 11.6 Å². The molecule has 8 heteroatoms. The van der Waals surface area contributed by atoms with Gasteiger partial charge in [-0.3, -0.25) is 9.59 Å². The fourth-order valence-corrected chi connectivity index (χ4v) is 3.76. The van der Waals surface area contributed by atoms with Crippen LogP contribution < -0.4 is 16.2 Å². The summed E-state index contributed by atoms with van der Waals surface area (Å²) in [5.74, 6) is 0.633. The van der Waals surface area contributed by atoms with E-state index in [2.05, 4.69) is 27.7 Å². The number of rotatable bonds is 7. The van der Waals surface area contributed by atoms with Crippen molar-refractivity contribution in [3.63, 3.8) is 0 Å². The SMILES string of the molecule is CC(C)NC(=O)CCCC1CC(Nc2cnn(C)c(=O)c2Cl)CN(C)C1. The van der Waals surface area contributed by atoms with Crippen molar-refractivity contribution in [2.45, 2.75) is 51.6 Å². The van der Waals surface area contributed by atoms with Crippen LogP contribution in [0, 0.1) is 5.92 Å². The van der Waals surface area contributed by atoms with Crippen molar-refractivity contribution in [3.05, 3.63) is 21.6 Å². The van der Waals surface area contributed by atoms with Gasteiger partial charge in [-0.15, -0.1) is 0 Å². The molecule has 1 aromatic heterocycles. The first kappa shape index (κ1) is 20.7. The first-order chi connectivity index (χ1) is 12.3. The molecule has 0 aromatic carbocycles. The molecule has 146 valence electrons. The molecule has 1 saturated heterocycles. The fraction of sp³-hybridized carbons (Fsp3) is 0.722. The Kier molecular flexibility index (Phi) is 7.46. The lowest BCUT2D eigenvalue weighted by Crippen LogP contribution is -2.44. The van der Waals surface area contributed by atoms with Gasteiger partial charge in [0, 0.05) is 38.6 Å². The van der Waals surface area contributed by atoms with E-state index in [0.717, 1.165) is 32.4 Å². The van der Waals surface area contributed by atoms with Crippen LogP contribution in [-0.2, 0) is 11.8 Å². The third-order valence-electron chi connectivity index (χ3n) is 4.62. The predicted molar refractivity (Wildman–Crippen MR) is 105 cm³/mol. The number of likely N-dealkylation sites (N-methyl/N-ethyl adjacent to an activating group) is 1. The van der Waals surface area contributed by atoms with Crippen molar-refractivity contribution >= 4 is 23.2 Å². The zero-order valence-electron chi connectivity index (χ0n) is 16.1. The van der Waals surface area contributed by atoms with Crippen molar-refractivity contribution in [1.29, 1.82) is 0 Å². The number of nitrogens with one attached hydrogen (secondary N) is 2. The molecule has 1 amide bonds. The molecule has 2 heterocycles. The molecule has 26 heavy (non-hydrogen) atoms. The van der Waals surface area contributed by atoms with Gasteiger partial charge in [0.05, 0.1) is 11.9 Å². The first-order valence-electron chi connectivity index (χ1n) is 9.22. The van der Waals surface area contributed by atoms with E-state index in [9.17, 15) is 9.59 Å². The van der Waals surface area contributed by atoms with E-state index < -0.39 is 0 Å². The van der Waals surface area contributed by atoms with Gasteiger partial charge in [-0.25, -0.2) is 4.68 Å². The Hall–Kier alpha value is -1.60. The molecule has 2 N–H and O–H groups in total. The molecular formula is C18H30ClN5O2. The monoisotopic (exact) mass is 383 g/mol. The molecular weight excluding hydrogens is 354 g/mol. The van der Waals surface area contributed by atoms with Gasteiger partial charge in [0.25, 0.3) is 5.56 Å². The minimum atomic E-state index is -0.298. The number of hydrogen-bond acceptors (Lipinski definition) is 5. The molecule has 0 saturated carbocycles. The topological polar surface area (TPSA) is 79.3 Å². The highest BCUT2D eigenvalue weighted by Gasteiger charge is 2.26. The van der Waals surface area contributed by atoms with E-state index in [-0.39, 0.29) is 28.6 Å². The maximum absolute atomic E-state index is 11.9. The molecule has 2 atom stereocenters. The van der Waals surface area contributed by atoms with Crippen molar-refractivity contribution in [2.75, 3.05) is 25.5 Å². The molecule has 1 aliphatic rings. The van der Waals surface area contributed by atoms with Gasteiger partial charge in [-0.1, -0.05) is 11.6 Å². The molecule has 0 aliphatic carbocycles. The van der Waals surface area contributed by atoms with Crippen LogP contribution in [0.15, 0.2) is 11.0 Å². The Morgan fingerprint density at radius 1 is 1.38 bits per heavy atom. The van der Waals surface area contributed by atoms with Gasteiger partial charge in [-0.05, 0) is 46.1 Å². The van der Waals surface area contributed by atoms with Crippen LogP contribution in [-0.4, -0.2) is 52.8 Å². The van der Waals surface area contributed by atoms with Gasteiger partial charge in [0.15, 0.2) is 0 Å². The number of amides is 1. The molecule has 1 aromatic rings. The molecule has 1 aliphatic heterocycles. The van der Waals surface area contributed by atoms with Crippen LogP contribution in [0.2, 0.25) is 5.02 Å². The van der Waals surface area contributed by atoms with Crippen LogP contribution in [0.4, 0.5) is 5.69 Å². The summed E-state index contributed by atoms with van der Waals surface area (Å²) < 4.78 is 1.23. The number of piperidine rings is 1. The molecule has 0 radical (unpaired) electrons. The summed E-state index contributed by atoms with van der Waals surface area (Å²) in [6.07, 6.45) is 5.06. The number of nitrogens with zero attached hydrogens (tertiary/aromatic N) is 3. The highest BCUT2D eigenvalue weighted by molar-refractivity contribution is 6.32. The highest BCUT2D eigenvalue weighted by Crippen LogP contribution is 2.25. The zero-order chi connectivity index (χ0) is 19.3. The molecule has 2 unspecified atom stereocenters. The second-order valence-corrected chi connectivity index (χ2v) is 7.96. The van der Waals surface area contributed by atoms with E-state index in [1.54, 1.807) is 13.2 Å². The molecule has 2 rings (SSSR count). The van der Waals surface area contributed by atoms with Gasteiger partial charge in [0.2, 0.25) is 5.91 Å². The number of likely N-dealkylation sites (tertiary alicyclic amines) is 1. The Balaban J connectivity index is 1.88. The van der Waals surface area contributed by atoms with Crippen LogP contribution in [0.25, 0.3) is 0 Å². The number of halogens is 1. The van der Waals surface area contributed by atoms with Crippen LogP contribution in [0.1, 0.15) is 39.5 Å². The Morgan fingerprint density at radius 3 is 2.81 bits per heavy atom. The maximum atomic E-state index is 11.9. The van der Waals surface area contributed by atoms with E-state index >= 15 is 0 Å². The van der Waals surface area contributed by atoms with Crippen molar-refractivity contribution in [2.24, 2.45) is 13.0 Å². The van der Waals surface area contributed by atoms with Gasteiger partial charge in [-0.2, -0.15) is 5.10 Å². The summed E-state index contributed by atoms with van der Waals surface area (Å²) in [4.78, 5) is 26.0. The molecule has 7 nitrogen and oxygen atoms in total. The molecule has 1 fully saturated rings. The lowest BCUT2D eigenvalue weighted by molar-refractivity contribution is -0.121. The number of carbonyl (C=O) groups is 1. The predicted octanol–water partition coefficient (Wildman–Crippen LogP) is 1.86. The average molecular weight is 384 g/mol. The average Bonchev–Trinajstić information content (AvgIpc) is 2.54. The number of aryl methyl sites for hydroxylation is 1. The molecule has 0 spiro atoms. The van der Waals surface area contributed by atoms with E-state index in [0.29, 0.717) is 18.0 Å². The Morgan fingerprint density at radius 2 is 2.12 bits per heavy atom. The summed E-state index contributed by atoms with van der Waals surface area (Å²) >= 11 is 6.16. The van der Waals surface area contributed by atoms with Crippen LogP contribution in [0.3, 0.4) is 0 Å². The summed E-state index contributed by atoms with van der Waals surface area (Å²) in [5.41, 5.74) is 0.290. The van der Waals surface area contributed by atoms with Crippen LogP contribution >= 0.6 is 11.6 Å². The Bertz CT molecular complexity index is 676. The second kappa shape index (κ2) is 9.37. The van der Waals surface area contributed by atoms with Crippen molar-refractivity contribution in [3.8, 4) is 0 Å². The lowest BCUT2D eigenvalue weighted by Gasteiger charge is -2.36.